The van der Waals surface area contributed by atoms with Crippen molar-refractivity contribution in [3.05, 3.63) is 76.8 Å². The Balaban J connectivity index is 1.57. The summed E-state index contributed by atoms with van der Waals surface area (Å²) < 4.78 is 6.85. The minimum atomic E-state index is -0.561. The molecule has 0 aliphatic rings. The largest absolute Gasteiger partial charge is 0.417 e. The van der Waals surface area contributed by atoms with Crippen LogP contribution in [0.25, 0.3) is 33.1 Å². The van der Waals surface area contributed by atoms with Gasteiger partial charge in [-0.25, -0.2) is 9.48 Å². The number of aryl methyl sites for hydroxylation is 1. The molecule has 0 unspecified atom stereocenters. The van der Waals surface area contributed by atoms with Gasteiger partial charge in [0.05, 0.1) is 10.8 Å². The van der Waals surface area contributed by atoms with Crippen molar-refractivity contribution >= 4 is 33.5 Å². The summed E-state index contributed by atoms with van der Waals surface area (Å²) in [4.78, 5) is 25.0. The van der Waals surface area contributed by atoms with E-state index < -0.39 is 11.5 Å². The van der Waals surface area contributed by atoms with Gasteiger partial charge >= 0.3 is 5.63 Å². The van der Waals surface area contributed by atoms with Crippen LogP contribution in [0.1, 0.15) is 10.6 Å². The lowest BCUT2D eigenvalue weighted by molar-refractivity contribution is 0.0992. The monoisotopic (exact) mass is 385 g/mol. The van der Waals surface area contributed by atoms with E-state index in [1.54, 1.807) is 42.1 Å². The van der Waals surface area contributed by atoms with Crippen LogP contribution in [0.4, 0.5) is 5.82 Å². The molecular formula is C21H15N5O3. The summed E-state index contributed by atoms with van der Waals surface area (Å²) in [7, 11) is 1.78. The van der Waals surface area contributed by atoms with Gasteiger partial charge in [0, 0.05) is 12.6 Å². The van der Waals surface area contributed by atoms with Crippen molar-refractivity contribution < 1.29 is 9.21 Å². The second-order valence-corrected chi connectivity index (χ2v) is 6.57. The molecular weight excluding hydrogens is 370 g/mol. The SMILES string of the molecule is Cn1nc(-c2ccccc2)c2c(NC(=O)c3cc4ccccc4c(=O)o3)[nH]nc21. The fourth-order valence-electron chi connectivity index (χ4n) is 3.35. The van der Waals surface area contributed by atoms with Gasteiger partial charge < -0.3 is 9.73 Å². The lowest BCUT2D eigenvalue weighted by Gasteiger charge is -2.04. The third kappa shape index (κ3) is 2.78. The maximum Gasteiger partial charge on any atom is 0.344 e. The maximum absolute atomic E-state index is 12.8. The molecule has 0 atom stereocenters. The second-order valence-electron chi connectivity index (χ2n) is 6.57. The number of nitrogens with zero attached hydrogens (tertiary/aromatic N) is 3. The van der Waals surface area contributed by atoms with Crippen molar-refractivity contribution in [1.29, 1.82) is 0 Å². The van der Waals surface area contributed by atoms with Crippen LogP contribution in [0.5, 0.6) is 0 Å². The summed E-state index contributed by atoms with van der Waals surface area (Å²) >= 11 is 0. The highest BCUT2D eigenvalue weighted by molar-refractivity contribution is 6.09. The summed E-state index contributed by atoms with van der Waals surface area (Å²) in [5, 5.41) is 16.1. The van der Waals surface area contributed by atoms with Gasteiger partial charge in [0.15, 0.2) is 11.4 Å². The maximum atomic E-state index is 12.8. The van der Waals surface area contributed by atoms with E-state index in [0.29, 0.717) is 33.3 Å². The van der Waals surface area contributed by atoms with Gasteiger partial charge in [-0.1, -0.05) is 48.5 Å². The van der Waals surface area contributed by atoms with E-state index in [2.05, 4.69) is 20.6 Å². The van der Waals surface area contributed by atoms with E-state index in [9.17, 15) is 9.59 Å². The zero-order valence-corrected chi connectivity index (χ0v) is 15.3. The number of aromatic amines is 1. The molecule has 2 N–H and O–H groups in total. The Morgan fingerprint density at radius 1 is 1.10 bits per heavy atom. The van der Waals surface area contributed by atoms with Crippen LogP contribution < -0.4 is 10.9 Å². The van der Waals surface area contributed by atoms with Crippen LogP contribution in [0.15, 0.2) is 69.9 Å². The van der Waals surface area contributed by atoms with Gasteiger partial charge in [0.25, 0.3) is 5.91 Å². The van der Waals surface area contributed by atoms with Gasteiger partial charge in [-0.05, 0) is 17.5 Å². The lowest BCUT2D eigenvalue weighted by atomic mass is 10.1. The zero-order valence-electron chi connectivity index (χ0n) is 15.3. The van der Waals surface area contributed by atoms with Crippen LogP contribution in [0, 0.1) is 0 Å². The van der Waals surface area contributed by atoms with Crippen molar-refractivity contribution in [3.8, 4) is 11.3 Å². The normalized spacial score (nSPS) is 11.2. The van der Waals surface area contributed by atoms with E-state index in [-0.39, 0.29) is 5.76 Å². The molecule has 0 radical (unpaired) electrons. The van der Waals surface area contributed by atoms with Crippen LogP contribution in [0.2, 0.25) is 0 Å². The average molecular weight is 385 g/mol. The Morgan fingerprint density at radius 3 is 2.69 bits per heavy atom. The molecule has 0 aliphatic heterocycles. The van der Waals surface area contributed by atoms with E-state index in [1.165, 1.54) is 0 Å². The van der Waals surface area contributed by atoms with Crippen molar-refractivity contribution in [1.82, 2.24) is 20.0 Å². The minimum Gasteiger partial charge on any atom is -0.417 e. The highest BCUT2D eigenvalue weighted by Crippen LogP contribution is 2.31. The number of rotatable bonds is 3. The molecule has 142 valence electrons. The van der Waals surface area contributed by atoms with E-state index in [4.69, 9.17) is 4.42 Å². The van der Waals surface area contributed by atoms with Crippen LogP contribution in [-0.2, 0) is 7.05 Å². The van der Waals surface area contributed by atoms with Crippen molar-refractivity contribution in [2.24, 2.45) is 7.05 Å². The molecule has 1 amide bonds. The van der Waals surface area contributed by atoms with Crippen molar-refractivity contribution in [2.45, 2.75) is 0 Å². The highest BCUT2D eigenvalue weighted by Gasteiger charge is 2.21. The van der Waals surface area contributed by atoms with Gasteiger partial charge in [0.2, 0.25) is 0 Å². The Bertz CT molecular complexity index is 1430. The molecule has 0 saturated heterocycles. The molecule has 8 heteroatoms. The molecule has 0 saturated carbocycles. The molecule has 8 nitrogen and oxygen atoms in total. The van der Waals surface area contributed by atoms with Crippen LogP contribution in [-0.4, -0.2) is 25.9 Å². The minimum absolute atomic E-state index is 0.0819. The first-order valence-electron chi connectivity index (χ1n) is 8.92. The first kappa shape index (κ1) is 16.9. The number of amides is 1. The van der Waals surface area contributed by atoms with Crippen molar-refractivity contribution in [3.63, 3.8) is 0 Å². The summed E-state index contributed by atoms with van der Waals surface area (Å²) in [6.07, 6.45) is 0. The van der Waals surface area contributed by atoms with Gasteiger partial charge in [0.1, 0.15) is 11.5 Å². The molecule has 0 bridgehead atoms. The fraction of sp³-hybridized carbons (Fsp3) is 0.0476. The Kier molecular flexibility index (Phi) is 3.77. The Morgan fingerprint density at radius 2 is 1.86 bits per heavy atom. The molecule has 29 heavy (non-hydrogen) atoms. The standard InChI is InChI=1S/C21H15N5O3/c1-26-19-16(17(25-26)12-7-3-2-4-8-12)18(23-24-19)22-20(27)15-11-13-9-5-6-10-14(13)21(28)29-15/h2-11H,1H3,(H2,22,23,24,27). The number of hydrogen-bond donors (Lipinski definition) is 2. The van der Waals surface area contributed by atoms with Gasteiger partial charge in [-0.15, -0.1) is 0 Å². The topological polar surface area (TPSA) is 106 Å². The molecule has 3 aromatic heterocycles. The predicted molar refractivity (Wildman–Crippen MR) is 109 cm³/mol. The summed E-state index contributed by atoms with van der Waals surface area (Å²) in [5.74, 6) is -0.254. The molecule has 2 aromatic carbocycles. The zero-order chi connectivity index (χ0) is 20.0. The number of nitrogens with one attached hydrogen (secondary N) is 2. The molecule has 0 fully saturated rings. The molecule has 0 aliphatic carbocycles. The quantitative estimate of drug-likeness (QED) is 0.496. The number of carbonyl (C=O) groups excluding carboxylic acids is 1. The average Bonchev–Trinajstić information content (AvgIpc) is 3.30. The smallest absolute Gasteiger partial charge is 0.344 e. The second kappa shape index (κ2) is 6.45. The third-order valence-electron chi connectivity index (χ3n) is 4.72. The summed E-state index contributed by atoms with van der Waals surface area (Å²) in [5.41, 5.74) is 1.62. The number of H-pyrrole nitrogens is 1. The molecule has 5 aromatic rings. The first-order valence-corrected chi connectivity index (χ1v) is 8.92. The van der Waals surface area contributed by atoms with Gasteiger partial charge in [-0.3, -0.25) is 9.89 Å². The fourth-order valence-corrected chi connectivity index (χ4v) is 3.35. The molecule has 3 heterocycles. The predicted octanol–water partition coefficient (Wildman–Crippen LogP) is 3.32. The van der Waals surface area contributed by atoms with E-state index in [1.807, 2.05) is 30.3 Å². The van der Waals surface area contributed by atoms with E-state index >= 15 is 0 Å². The number of benzene rings is 2. The number of aromatic nitrogens is 4. The summed E-state index contributed by atoms with van der Waals surface area (Å²) in [6, 6.07) is 18.1. The number of carbonyl (C=O) groups is 1. The Labute approximate surface area is 163 Å². The van der Waals surface area contributed by atoms with Crippen LogP contribution in [0.3, 0.4) is 0 Å². The van der Waals surface area contributed by atoms with Crippen LogP contribution >= 0.6 is 0 Å². The number of anilines is 1. The van der Waals surface area contributed by atoms with E-state index in [0.717, 1.165) is 5.56 Å². The summed E-state index contributed by atoms with van der Waals surface area (Å²) in [6.45, 7) is 0. The molecule has 5 rings (SSSR count). The number of hydrogen-bond acceptors (Lipinski definition) is 5. The highest BCUT2D eigenvalue weighted by atomic mass is 16.4. The Hall–Kier alpha value is -4.20. The first-order chi connectivity index (χ1) is 14.1. The third-order valence-corrected chi connectivity index (χ3v) is 4.72. The van der Waals surface area contributed by atoms with Crippen molar-refractivity contribution in [2.75, 3.05) is 5.32 Å². The number of fused-ring (bicyclic) bond motifs is 2. The lowest BCUT2D eigenvalue weighted by Crippen LogP contribution is -2.15. The van der Waals surface area contributed by atoms with Gasteiger partial charge in [-0.2, -0.15) is 10.2 Å². The molecule has 0 spiro atoms.